The van der Waals surface area contributed by atoms with E-state index in [0.717, 1.165) is 13.0 Å². The second-order valence-electron chi connectivity index (χ2n) is 6.23. The van der Waals surface area contributed by atoms with Crippen LogP contribution in [0.5, 0.6) is 0 Å². The standard InChI is InChI=1S/C15H17ClN4O/c1-19-8-9-2-4-11(19)7-14(9)20-15(21)12-6-10(16)3-5-13(12)17-18-20/h3,5-6,9,11,14H,2,4,7-8H2,1H3. The monoisotopic (exact) mass is 304 g/mol. The Balaban J connectivity index is 1.81. The lowest BCUT2D eigenvalue weighted by molar-refractivity contribution is 0.0216. The molecule has 1 aliphatic carbocycles. The van der Waals surface area contributed by atoms with Gasteiger partial charge in [-0.1, -0.05) is 16.8 Å². The highest BCUT2D eigenvalue weighted by Crippen LogP contribution is 2.40. The predicted molar refractivity (Wildman–Crippen MR) is 81.6 cm³/mol. The smallest absolute Gasteiger partial charge is 0.277 e. The Labute approximate surface area is 127 Å². The van der Waals surface area contributed by atoms with Crippen molar-refractivity contribution in [3.05, 3.63) is 33.6 Å². The summed E-state index contributed by atoms with van der Waals surface area (Å²) in [6.07, 6.45) is 3.38. The van der Waals surface area contributed by atoms with Crippen molar-refractivity contribution in [1.82, 2.24) is 19.9 Å². The molecule has 3 atom stereocenters. The van der Waals surface area contributed by atoms with E-state index in [1.165, 1.54) is 12.8 Å². The summed E-state index contributed by atoms with van der Waals surface area (Å²) in [6.45, 7) is 1.04. The molecule has 110 valence electrons. The quantitative estimate of drug-likeness (QED) is 0.809. The number of piperidine rings is 2. The molecule has 2 saturated heterocycles. The number of benzene rings is 1. The van der Waals surface area contributed by atoms with E-state index in [1.54, 1.807) is 22.9 Å². The van der Waals surface area contributed by atoms with Crippen molar-refractivity contribution in [2.45, 2.75) is 31.3 Å². The number of halogens is 1. The normalized spacial score (nSPS) is 29.1. The van der Waals surface area contributed by atoms with Crippen LogP contribution in [0.2, 0.25) is 5.02 Å². The van der Waals surface area contributed by atoms with Gasteiger partial charge in [-0.3, -0.25) is 4.79 Å². The first-order valence-electron chi connectivity index (χ1n) is 7.38. The van der Waals surface area contributed by atoms with E-state index in [-0.39, 0.29) is 11.6 Å². The van der Waals surface area contributed by atoms with Crippen LogP contribution >= 0.6 is 11.6 Å². The molecule has 0 N–H and O–H groups in total. The van der Waals surface area contributed by atoms with E-state index in [1.807, 2.05) is 0 Å². The van der Waals surface area contributed by atoms with Gasteiger partial charge < -0.3 is 4.90 Å². The minimum absolute atomic E-state index is 0.0669. The zero-order chi connectivity index (χ0) is 14.6. The zero-order valence-corrected chi connectivity index (χ0v) is 12.6. The summed E-state index contributed by atoms with van der Waals surface area (Å²) in [7, 11) is 2.17. The first-order chi connectivity index (χ1) is 10.1. The lowest BCUT2D eigenvalue weighted by Gasteiger charge is -2.47. The van der Waals surface area contributed by atoms with Gasteiger partial charge in [0, 0.05) is 17.6 Å². The minimum Gasteiger partial charge on any atom is -0.303 e. The molecule has 0 radical (unpaired) electrons. The molecule has 2 aliphatic heterocycles. The van der Waals surface area contributed by atoms with Crippen molar-refractivity contribution in [1.29, 1.82) is 0 Å². The van der Waals surface area contributed by atoms with Crippen LogP contribution in [-0.4, -0.2) is 39.5 Å². The Bertz CT molecular complexity index is 759. The molecule has 1 aromatic heterocycles. The van der Waals surface area contributed by atoms with E-state index in [9.17, 15) is 4.79 Å². The van der Waals surface area contributed by atoms with Gasteiger partial charge in [-0.2, -0.15) is 0 Å². The third kappa shape index (κ3) is 2.07. The Kier molecular flexibility index (Phi) is 3.01. The molecule has 3 fully saturated rings. The highest BCUT2D eigenvalue weighted by Gasteiger charge is 2.40. The Morgan fingerprint density at radius 1 is 1.33 bits per heavy atom. The summed E-state index contributed by atoms with van der Waals surface area (Å²) in [5, 5.41) is 9.52. The van der Waals surface area contributed by atoms with Crippen molar-refractivity contribution in [2.75, 3.05) is 13.6 Å². The predicted octanol–water partition coefficient (Wildman–Crippen LogP) is 2.10. The van der Waals surface area contributed by atoms with Crippen molar-refractivity contribution in [3.63, 3.8) is 0 Å². The molecule has 3 unspecified atom stereocenters. The SMILES string of the molecule is CN1CC2CCC1CC2n1nnc2ccc(Cl)cc2c1=O. The third-order valence-corrected chi connectivity index (χ3v) is 5.27. The van der Waals surface area contributed by atoms with E-state index in [0.29, 0.717) is 27.9 Å². The maximum Gasteiger partial charge on any atom is 0.277 e. The highest BCUT2D eigenvalue weighted by atomic mass is 35.5. The van der Waals surface area contributed by atoms with Gasteiger partial charge >= 0.3 is 0 Å². The molecular weight excluding hydrogens is 288 g/mol. The Hall–Kier alpha value is -1.46. The van der Waals surface area contributed by atoms with E-state index in [4.69, 9.17) is 11.6 Å². The highest BCUT2D eigenvalue weighted by molar-refractivity contribution is 6.31. The van der Waals surface area contributed by atoms with Crippen molar-refractivity contribution < 1.29 is 0 Å². The van der Waals surface area contributed by atoms with Gasteiger partial charge in [-0.25, -0.2) is 4.68 Å². The molecule has 3 heterocycles. The maximum absolute atomic E-state index is 12.7. The van der Waals surface area contributed by atoms with Crippen LogP contribution < -0.4 is 5.56 Å². The summed E-state index contributed by atoms with van der Waals surface area (Å²) in [5.74, 6) is 0.489. The van der Waals surface area contributed by atoms with Crippen LogP contribution in [-0.2, 0) is 0 Å². The van der Waals surface area contributed by atoms with Gasteiger partial charge in [0.25, 0.3) is 5.56 Å². The van der Waals surface area contributed by atoms with E-state index in [2.05, 4.69) is 22.3 Å². The van der Waals surface area contributed by atoms with Crippen LogP contribution in [0.3, 0.4) is 0 Å². The summed E-state index contributed by atoms with van der Waals surface area (Å²) in [4.78, 5) is 15.1. The van der Waals surface area contributed by atoms with Gasteiger partial charge in [0.2, 0.25) is 0 Å². The van der Waals surface area contributed by atoms with Crippen LogP contribution in [0.1, 0.15) is 25.3 Å². The maximum atomic E-state index is 12.7. The number of rotatable bonds is 1. The number of hydrogen-bond acceptors (Lipinski definition) is 4. The molecular formula is C15H17ClN4O. The van der Waals surface area contributed by atoms with Gasteiger partial charge in [0.1, 0.15) is 5.52 Å². The summed E-state index contributed by atoms with van der Waals surface area (Å²) in [6, 6.07) is 5.90. The first kappa shape index (κ1) is 13.2. The summed E-state index contributed by atoms with van der Waals surface area (Å²) in [5.41, 5.74) is 0.543. The lowest BCUT2D eigenvalue weighted by atomic mass is 9.76. The molecule has 1 saturated carbocycles. The van der Waals surface area contributed by atoms with Crippen molar-refractivity contribution >= 4 is 22.5 Å². The molecule has 2 bridgehead atoms. The molecule has 21 heavy (non-hydrogen) atoms. The Morgan fingerprint density at radius 2 is 2.19 bits per heavy atom. The summed E-state index contributed by atoms with van der Waals surface area (Å²) >= 11 is 6.01. The fraction of sp³-hybridized carbons (Fsp3) is 0.533. The van der Waals surface area contributed by atoms with Gasteiger partial charge in [-0.05, 0) is 50.4 Å². The fourth-order valence-electron chi connectivity index (χ4n) is 3.86. The van der Waals surface area contributed by atoms with Crippen molar-refractivity contribution in [2.24, 2.45) is 5.92 Å². The van der Waals surface area contributed by atoms with Crippen molar-refractivity contribution in [3.8, 4) is 0 Å². The van der Waals surface area contributed by atoms with Crippen LogP contribution in [0.4, 0.5) is 0 Å². The molecule has 5 nitrogen and oxygen atoms in total. The second-order valence-corrected chi connectivity index (χ2v) is 6.67. The summed E-state index contributed by atoms with van der Waals surface area (Å²) < 4.78 is 1.60. The number of aromatic nitrogens is 3. The number of nitrogens with zero attached hydrogens (tertiary/aromatic N) is 4. The van der Waals surface area contributed by atoms with Crippen LogP contribution in [0, 0.1) is 5.92 Å². The fourth-order valence-corrected chi connectivity index (χ4v) is 4.04. The molecule has 5 rings (SSSR count). The Morgan fingerprint density at radius 3 is 2.90 bits per heavy atom. The van der Waals surface area contributed by atoms with Gasteiger partial charge in [-0.15, -0.1) is 5.10 Å². The second kappa shape index (κ2) is 4.78. The van der Waals surface area contributed by atoms with E-state index < -0.39 is 0 Å². The average molecular weight is 305 g/mol. The van der Waals surface area contributed by atoms with Crippen LogP contribution in [0.15, 0.2) is 23.0 Å². The zero-order valence-electron chi connectivity index (χ0n) is 11.9. The van der Waals surface area contributed by atoms with E-state index >= 15 is 0 Å². The molecule has 0 amide bonds. The van der Waals surface area contributed by atoms with Crippen LogP contribution in [0.25, 0.3) is 10.9 Å². The third-order valence-electron chi connectivity index (χ3n) is 5.03. The van der Waals surface area contributed by atoms with Gasteiger partial charge in [0.05, 0.1) is 11.4 Å². The lowest BCUT2D eigenvalue weighted by Crippen LogP contribution is -2.52. The first-order valence-corrected chi connectivity index (χ1v) is 7.76. The molecule has 1 aromatic carbocycles. The molecule has 2 aromatic rings. The average Bonchev–Trinajstić information content (AvgIpc) is 2.49. The van der Waals surface area contributed by atoms with Gasteiger partial charge in [0.15, 0.2) is 0 Å². The minimum atomic E-state index is -0.0669. The molecule has 0 spiro atoms. The molecule has 6 heteroatoms. The molecule has 3 aliphatic rings. The largest absolute Gasteiger partial charge is 0.303 e. The number of fused-ring (bicyclic) bond motifs is 4. The topological polar surface area (TPSA) is 51.0 Å². The number of hydrogen-bond donors (Lipinski definition) is 0.